The van der Waals surface area contributed by atoms with Crippen LogP contribution < -0.4 is 15.5 Å². The second-order valence-electron chi connectivity index (χ2n) is 9.02. The molecule has 1 aliphatic heterocycles. The number of nitrogens with zero attached hydrogens (tertiary/aromatic N) is 2. The molecule has 2 N–H and O–H groups in total. The van der Waals surface area contributed by atoms with Crippen molar-refractivity contribution in [2.24, 2.45) is 0 Å². The molecule has 0 atom stereocenters. The number of carbonyl (C=O) groups is 2. The molecule has 0 radical (unpaired) electrons. The van der Waals surface area contributed by atoms with Crippen LogP contribution in [0, 0.1) is 20.8 Å². The van der Waals surface area contributed by atoms with Crippen LogP contribution in [0.25, 0.3) is 0 Å². The number of urea groups is 2. The highest BCUT2D eigenvalue weighted by Gasteiger charge is 2.28. The van der Waals surface area contributed by atoms with Crippen molar-refractivity contribution in [2.75, 3.05) is 23.3 Å². The van der Waals surface area contributed by atoms with E-state index in [1.54, 1.807) is 4.90 Å². The molecule has 3 aromatic rings. The van der Waals surface area contributed by atoms with Gasteiger partial charge in [0.25, 0.3) is 0 Å². The molecule has 0 saturated carbocycles. The SMILES string of the molecule is Cc1cc(C)cc(CN2CCCN(c3ccc(C)cc3NC(=O)NCc3ccccc3)C2=O)c1. The minimum atomic E-state index is -0.299. The number of benzene rings is 3. The molecule has 1 heterocycles. The summed E-state index contributed by atoms with van der Waals surface area (Å²) in [6, 6.07) is 21.6. The van der Waals surface area contributed by atoms with Gasteiger partial charge in [-0.2, -0.15) is 0 Å². The number of rotatable bonds is 6. The molecule has 0 aromatic heterocycles. The Morgan fingerprint density at radius 2 is 1.59 bits per heavy atom. The molecule has 1 aliphatic rings. The highest BCUT2D eigenvalue weighted by atomic mass is 16.2. The Bertz CT molecular complexity index is 1160. The molecule has 34 heavy (non-hydrogen) atoms. The third kappa shape index (κ3) is 5.76. The minimum Gasteiger partial charge on any atom is -0.334 e. The van der Waals surface area contributed by atoms with Crippen molar-refractivity contribution in [3.05, 3.63) is 94.5 Å². The van der Waals surface area contributed by atoms with E-state index in [2.05, 4.69) is 42.7 Å². The van der Waals surface area contributed by atoms with Crippen molar-refractivity contribution >= 4 is 23.4 Å². The predicted octanol–water partition coefficient (Wildman–Crippen LogP) is 5.77. The zero-order valence-corrected chi connectivity index (χ0v) is 20.1. The van der Waals surface area contributed by atoms with E-state index in [-0.39, 0.29) is 12.1 Å². The van der Waals surface area contributed by atoms with Crippen LogP contribution in [0.1, 0.15) is 34.2 Å². The zero-order valence-electron chi connectivity index (χ0n) is 20.1. The first kappa shape index (κ1) is 23.4. The van der Waals surface area contributed by atoms with Crippen LogP contribution in [0.5, 0.6) is 0 Å². The first-order valence-electron chi connectivity index (χ1n) is 11.7. The molecule has 4 amide bonds. The van der Waals surface area contributed by atoms with Crippen molar-refractivity contribution in [2.45, 2.75) is 40.3 Å². The summed E-state index contributed by atoms with van der Waals surface area (Å²) < 4.78 is 0. The summed E-state index contributed by atoms with van der Waals surface area (Å²) in [5.41, 5.74) is 6.91. The Labute approximate surface area is 201 Å². The molecule has 0 unspecified atom stereocenters. The summed E-state index contributed by atoms with van der Waals surface area (Å²) in [5, 5.41) is 5.85. The number of hydrogen-bond donors (Lipinski definition) is 2. The smallest absolute Gasteiger partial charge is 0.324 e. The first-order valence-corrected chi connectivity index (χ1v) is 11.7. The van der Waals surface area contributed by atoms with Gasteiger partial charge in [0.1, 0.15) is 0 Å². The second-order valence-corrected chi connectivity index (χ2v) is 9.02. The van der Waals surface area contributed by atoms with E-state index in [1.807, 2.05) is 60.4 Å². The van der Waals surface area contributed by atoms with Gasteiger partial charge >= 0.3 is 12.1 Å². The number of nitrogens with one attached hydrogen (secondary N) is 2. The van der Waals surface area contributed by atoms with Crippen LogP contribution >= 0.6 is 0 Å². The molecular weight excluding hydrogens is 424 g/mol. The number of hydrogen-bond acceptors (Lipinski definition) is 2. The maximum absolute atomic E-state index is 13.5. The first-order chi connectivity index (χ1) is 16.4. The quantitative estimate of drug-likeness (QED) is 0.495. The van der Waals surface area contributed by atoms with Gasteiger partial charge in [0.05, 0.1) is 11.4 Å². The largest absolute Gasteiger partial charge is 0.334 e. The molecule has 0 bridgehead atoms. The van der Waals surface area contributed by atoms with Crippen LogP contribution in [0.3, 0.4) is 0 Å². The van der Waals surface area contributed by atoms with Gasteiger partial charge in [0.2, 0.25) is 0 Å². The van der Waals surface area contributed by atoms with Crippen molar-refractivity contribution < 1.29 is 9.59 Å². The molecule has 1 saturated heterocycles. The lowest BCUT2D eigenvalue weighted by Crippen LogP contribution is -2.49. The molecule has 6 nitrogen and oxygen atoms in total. The van der Waals surface area contributed by atoms with Crippen molar-refractivity contribution in [1.29, 1.82) is 0 Å². The third-order valence-electron chi connectivity index (χ3n) is 5.95. The Morgan fingerprint density at radius 1 is 0.853 bits per heavy atom. The average Bonchev–Trinajstić information content (AvgIpc) is 2.80. The lowest BCUT2D eigenvalue weighted by molar-refractivity contribution is 0.192. The molecular formula is C28H32N4O2. The number of carbonyl (C=O) groups excluding carboxylic acids is 2. The number of anilines is 2. The summed E-state index contributed by atoms with van der Waals surface area (Å²) in [6.07, 6.45) is 0.865. The van der Waals surface area contributed by atoms with Gasteiger partial charge in [-0.05, 0) is 56.0 Å². The standard InChI is InChI=1S/C28H32N4O2/c1-20-10-11-26(25(17-20)30-27(33)29-18-23-8-5-4-6-9-23)32-13-7-12-31(28(32)34)19-24-15-21(2)14-22(3)16-24/h4-6,8-11,14-17H,7,12-13,18-19H2,1-3H3,(H2,29,30,33). The Morgan fingerprint density at radius 3 is 2.32 bits per heavy atom. The normalized spacial score (nSPS) is 13.7. The Kier molecular flexibility index (Phi) is 7.16. The lowest BCUT2D eigenvalue weighted by atomic mass is 10.1. The summed E-state index contributed by atoms with van der Waals surface area (Å²) in [7, 11) is 0. The van der Waals surface area contributed by atoms with Crippen LogP contribution in [-0.4, -0.2) is 30.1 Å². The van der Waals surface area contributed by atoms with Gasteiger partial charge in [-0.15, -0.1) is 0 Å². The van der Waals surface area contributed by atoms with E-state index in [1.165, 1.54) is 11.1 Å². The fraction of sp³-hybridized carbons (Fsp3) is 0.286. The van der Waals surface area contributed by atoms with E-state index >= 15 is 0 Å². The molecule has 4 rings (SSSR count). The van der Waals surface area contributed by atoms with Gasteiger partial charge in [-0.1, -0.05) is 65.7 Å². The molecule has 1 fully saturated rings. The van der Waals surface area contributed by atoms with Gasteiger partial charge in [0.15, 0.2) is 0 Å². The van der Waals surface area contributed by atoms with E-state index in [9.17, 15) is 9.59 Å². The number of aryl methyl sites for hydroxylation is 3. The maximum Gasteiger partial charge on any atom is 0.324 e. The molecule has 6 heteroatoms. The molecule has 0 spiro atoms. The topological polar surface area (TPSA) is 64.7 Å². The molecule has 0 aliphatic carbocycles. The third-order valence-corrected chi connectivity index (χ3v) is 5.95. The van der Waals surface area contributed by atoms with E-state index in [0.717, 1.165) is 28.8 Å². The maximum atomic E-state index is 13.5. The van der Waals surface area contributed by atoms with E-state index in [0.29, 0.717) is 31.9 Å². The van der Waals surface area contributed by atoms with Gasteiger partial charge in [-0.25, -0.2) is 9.59 Å². The average molecular weight is 457 g/mol. The Balaban J connectivity index is 1.49. The summed E-state index contributed by atoms with van der Waals surface area (Å²) in [4.78, 5) is 29.8. The predicted molar refractivity (Wildman–Crippen MR) is 137 cm³/mol. The van der Waals surface area contributed by atoms with Crippen LogP contribution in [-0.2, 0) is 13.1 Å². The fourth-order valence-electron chi connectivity index (χ4n) is 4.46. The summed E-state index contributed by atoms with van der Waals surface area (Å²) in [5.74, 6) is 0. The highest BCUT2D eigenvalue weighted by Crippen LogP contribution is 2.30. The van der Waals surface area contributed by atoms with Crippen molar-refractivity contribution in [3.63, 3.8) is 0 Å². The van der Waals surface area contributed by atoms with Gasteiger partial charge in [-0.3, -0.25) is 4.90 Å². The lowest BCUT2D eigenvalue weighted by Gasteiger charge is -2.36. The molecule has 176 valence electrons. The van der Waals surface area contributed by atoms with Gasteiger partial charge in [0, 0.05) is 26.2 Å². The van der Waals surface area contributed by atoms with Crippen molar-refractivity contribution in [3.8, 4) is 0 Å². The Hall–Kier alpha value is -3.80. The summed E-state index contributed by atoms with van der Waals surface area (Å²) >= 11 is 0. The zero-order chi connectivity index (χ0) is 24.1. The van der Waals surface area contributed by atoms with E-state index < -0.39 is 0 Å². The molecule has 3 aromatic carbocycles. The second kappa shape index (κ2) is 10.4. The number of amides is 4. The van der Waals surface area contributed by atoms with Crippen LogP contribution in [0.2, 0.25) is 0 Å². The van der Waals surface area contributed by atoms with Crippen LogP contribution in [0.15, 0.2) is 66.7 Å². The summed E-state index contributed by atoms with van der Waals surface area (Å²) in [6.45, 7) is 8.47. The highest BCUT2D eigenvalue weighted by molar-refractivity contribution is 6.00. The van der Waals surface area contributed by atoms with Crippen molar-refractivity contribution in [1.82, 2.24) is 10.2 Å². The monoisotopic (exact) mass is 456 g/mol. The minimum absolute atomic E-state index is 0.0398. The van der Waals surface area contributed by atoms with Gasteiger partial charge < -0.3 is 15.5 Å². The van der Waals surface area contributed by atoms with E-state index in [4.69, 9.17) is 0 Å². The fourth-order valence-corrected chi connectivity index (χ4v) is 4.46. The van der Waals surface area contributed by atoms with Crippen LogP contribution in [0.4, 0.5) is 21.0 Å².